The lowest BCUT2D eigenvalue weighted by atomic mass is 10.4. The maximum Gasteiger partial charge on any atom is 0.266 e. The molecule has 3 rings (SSSR count). The van der Waals surface area contributed by atoms with Gasteiger partial charge in [0.15, 0.2) is 5.13 Å². The molecule has 0 aliphatic carbocycles. The number of nitrogens with zero attached hydrogens (tertiary/aromatic N) is 4. The van der Waals surface area contributed by atoms with Gasteiger partial charge in [0.2, 0.25) is 0 Å². The molecule has 8 heteroatoms. The van der Waals surface area contributed by atoms with Gasteiger partial charge in [-0.2, -0.15) is 5.10 Å². The number of anilines is 1. The van der Waals surface area contributed by atoms with Gasteiger partial charge in [-0.05, 0) is 18.2 Å². The number of sulfonamides is 1. The highest BCUT2D eigenvalue weighted by Gasteiger charge is 2.26. The Kier molecular flexibility index (Phi) is 4.21. The van der Waals surface area contributed by atoms with Gasteiger partial charge in [0.1, 0.15) is 0 Å². The van der Waals surface area contributed by atoms with Gasteiger partial charge in [0, 0.05) is 24.0 Å². The largest absolute Gasteiger partial charge is 0.271 e. The van der Waals surface area contributed by atoms with E-state index >= 15 is 0 Å². The molecule has 114 valence electrons. The van der Waals surface area contributed by atoms with Crippen LogP contribution in [0.5, 0.6) is 0 Å². The van der Waals surface area contributed by atoms with E-state index in [1.165, 1.54) is 15.6 Å². The van der Waals surface area contributed by atoms with Gasteiger partial charge < -0.3 is 0 Å². The molecule has 0 radical (unpaired) electrons. The molecule has 0 aliphatic rings. The van der Waals surface area contributed by atoms with Crippen LogP contribution in [0.4, 0.5) is 5.13 Å². The molecule has 0 atom stereocenters. The fourth-order valence-electron chi connectivity index (χ4n) is 2.00. The van der Waals surface area contributed by atoms with Crippen LogP contribution in [0, 0.1) is 0 Å². The number of hydrogen-bond donors (Lipinski definition) is 0. The van der Waals surface area contributed by atoms with Gasteiger partial charge >= 0.3 is 0 Å². The Bertz CT molecular complexity index is 800. The summed E-state index contributed by atoms with van der Waals surface area (Å²) in [6.45, 7) is 0.727. The second-order valence-electron chi connectivity index (χ2n) is 4.47. The predicted molar refractivity (Wildman–Crippen MR) is 85.3 cm³/mol. The predicted octanol–water partition coefficient (Wildman–Crippen LogP) is 2.24. The average molecular weight is 334 g/mol. The quantitative estimate of drug-likeness (QED) is 0.693. The monoisotopic (exact) mass is 334 g/mol. The molecule has 0 fully saturated rings. The van der Waals surface area contributed by atoms with E-state index in [0.29, 0.717) is 11.7 Å². The third-order valence-corrected chi connectivity index (χ3v) is 5.77. The van der Waals surface area contributed by atoms with Crippen LogP contribution in [0.25, 0.3) is 0 Å². The Morgan fingerprint density at radius 1 is 1.14 bits per heavy atom. The maximum absolute atomic E-state index is 12.9. The summed E-state index contributed by atoms with van der Waals surface area (Å²) in [5.74, 6) is 0. The molecule has 0 unspecified atom stereocenters. The summed E-state index contributed by atoms with van der Waals surface area (Å²) >= 11 is 1.30. The van der Waals surface area contributed by atoms with Gasteiger partial charge in [0.05, 0.1) is 18.0 Å². The highest BCUT2D eigenvalue weighted by Crippen LogP contribution is 2.25. The van der Waals surface area contributed by atoms with Gasteiger partial charge in [-0.25, -0.2) is 17.7 Å². The van der Waals surface area contributed by atoms with Gasteiger partial charge in [-0.3, -0.25) is 4.68 Å². The Balaban J connectivity index is 1.92. The third-order valence-electron chi connectivity index (χ3n) is 3.06. The molecule has 0 N–H and O–H groups in total. The lowest BCUT2D eigenvalue weighted by Gasteiger charge is -2.21. The Labute approximate surface area is 132 Å². The van der Waals surface area contributed by atoms with Crippen LogP contribution < -0.4 is 4.31 Å². The molecule has 0 saturated carbocycles. The van der Waals surface area contributed by atoms with Crippen LogP contribution in [0.3, 0.4) is 0 Å². The minimum Gasteiger partial charge on any atom is -0.271 e. The molecule has 0 saturated heterocycles. The molecule has 0 bridgehead atoms. The molecule has 0 spiro atoms. The zero-order valence-electron chi connectivity index (χ0n) is 11.6. The maximum atomic E-state index is 12.9. The van der Waals surface area contributed by atoms with Crippen molar-refractivity contribution in [2.75, 3.05) is 10.8 Å². The van der Waals surface area contributed by atoms with Crippen molar-refractivity contribution in [1.29, 1.82) is 0 Å². The summed E-state index contributed by atoms with van der Waals surface area (Å²) in [6.07, 6.45) is 5.07. The minimum absolute atomic E-state index is 0.255. The Morgan fingerprint density at radius 2 is 1.95 bits per heavy atom. The van der Waals surface area contributed by atoms with Crippen LogP contribution in [-0.2, 0) is 16.6 Å². The van der Waals surface area contributed by atoms with Gasteiger partial charge in [-0.15, -0.1) is 11.3 Å². The second kappa shape index (κ2) is 6.29. The molecular formula is C14H14N4O2S2. The molecule has 22 heavy (non-hydrogen) atoms. The summed E-state index contributed by atoms with van der Waals surface area (Å²) < 4.78 is 28.7. The Hall–Kier alpha value is -2.19. The normalized spacial score (nSPS) is 11.5. The molecule has 6 nitrogen and oxygen atoms in total. The minimum atomic E-state index is -3.64. The molecular weight excluding hydrogens is 320 g/mol. The standard InChI is InChI=1S/C14H14N4O2S2/c19-22(20,13-5-2-1-3-6-13)18(14-15-8-12-21-14)11-10-17-9-4-7-16-17/h1-9,12H,10-11H2. The first-order valence-corrected chi connectivity index (χ1v) is 8.94. The van der Waals surface area contributed by atoms with E-state index in [9.17, 15) is 8.42 Å². The molecule has 0 aliphatic heterocycles. The SMILES string of the molecule is O=S(=O)(c1ccccc1)N(CCn1cccn1)c1nccs1. The van der Waals surface area contributed by atoms with Crippen molar-refractivity contribution in [3.05, 3.63) is 60.4 Å². The van der Waals surface area contributed by atoms with E-state index in [-0.39, 0.29) is 11.4 Å². The van der Waals surface area contributed by atoms with Crippen LogP contribution in [0.2, 0.25) is 0 Å². The fraction of sp³-hybridized carbons (Fsp3) is 0.143. The van der Waals surface area contributed by atoms with E-state index < -0.39 is 10.0 Å². The summed E-state index contributed by atoms with van der Waals surface area (Å²) in [5, 5.41) is 6.32. The van der Waals surface area contributed by atoms with Crippen molar-refractivity contribution in [3.8, 4) is 0 Å². The number of aromatic nitrogens is 3. The van der Waals surface area contributed by atoms with Crippen LogP contribution in [0.15, 0.2) is 65.3 Å². The van der Waals surface area contributed by atoms with Crippen LogP contribution in [-0.4, -0.2) is 29.7 Å². The van der Waals surface area contributed by atoms with Crippen molar-refractivity contribution in [2.45, 2.75) is 11.4 Å². The molecule has 0 amide bonds. The van der Waals surface area contributed by atoms with Crippen molar-refractivity contribution >= 4 is 26.5 Å². The van der Waals surface area contributed by atoms with Crippen molar-refractivity contribution < 1.29 is 8.42 Å². The van der Waals surface area contributed by atoms with Crippen molar-refractivity contribution in [2.24, 2.45) is 0 Å². The molecule has 2 heterocycles. The second-order valence-corrected chi connectivity index (χ2v) is 7.21. The van der Waals surface area contributed by atoms with Crippen molar-refractivity contribution in [3.63, 3.8) is 0 Å². The van der Waals surface area contributed by atoms with E-state index in [0.717, 1.165) is 0 Å². The van der Waals surface area contributed by atoms with E-state index in [2.05, 4.69) is 10.1 Å². The lowest BCUT2D eigenvalue weighted by molar-refractivity contribution is 0.577. The lowest BCUT2D eigenvalue weighted by Crippen LogP contribution is -2.34. The van der Waals surface area contributed by atoms with Gasteiger partial charge in [-0.1, -0.05) is 18.2 Å². The summed E-state index contributed by atoms with van der Waals surface area (Å²) in [6, 6.07) is 10.2. The van der Waals surface area contributed by atoms with E-state index in [1.807, 2.05) is 0 Å². The fourth-order valence-corrected chi connectivity index (χ4v) is 4.33. The average Bonchev–Trinajstić information content (AvgIpc) is 3.21. The first-order valence-electron chi connectivity index (χ1n) is 6.62. The summed E-state index contributed by atoms with van der Waals surface area (Å²) in [7, 11) is -3.64. The zero-order valence-corrected chi connectivity index (χ0v) is 13.2. The van der Waals surface area contributed by atoms with E-state index in [1.54, 1.807) is 65.1 Å². The summed E-state index contributed by atoms with van der Waals surface area (Å²) in [4.78, 5) is 4.40. The zero-order chi connectivity index (χ0) is 15.4. The number of hydrogen-bond acceptors (Lipinski definition) is 5. The first kappa shape index (κ1) is 14.7. The highest BCUT2D eigenvalue weighted by molar-refractivity contribution is 7.93. The number of rotatable bonds is 6. The van der Waals surface area contributed by atoms with Crippen LogP contribution >= 0.6 is 11.3 Å². The first-order chi connectivity index (χ1) is 10.7. The topological polar surface area (TPSA) is 68.1 Å². The third kappa shape index (κ3) is 3.02. The molecule has 1 aromatic carbocycles. The molecule has 2 aromatic heterocycles. The van der Waals surface area contributed by atoms with E-state index in [4.69, 9.17) is 0 Å². The highest BCUT2D eigenvalue weighted by atomic mass is 32.2. The molecule has 3 aromatic rings. The smallest absolute Gasteiger partial charge is 0.266 e. The van der Waals surface area contributed by atoms with Gasteiger partial charge in [0.25, 0.3) is 10.0 Å². The Morgan fingerprint density at radius 3 is 2.59 bits per heavy atom. The van der Waals surface area contributed by atoms with Crippen molar-refractivity contribution in [1.82, 2.24) is 14.8 Å². The number of thiazole rings is 1. The summed E-state index contributed by atoms with van der Waals surface area (Å²) in [5.41, 5.74) is 0. The van der Waals surface area contributed by atoms with Crippen LogP contribution in [0.1, 0.15) is 0 Å². The number of benzene rings is 1.